The van der Waals surface area contributed by atoms with Gasteiger partial charge in [-0.05, 0) is 38.8 Å². The Hall–Kier alpha value is -1.14. The van der Waals surface area contributed by atoms with E-state index in [4.69, 9.17) is 4.74 Å². The summed E-state index contributed by atoms with van der Waals surface area (Å²) in [6, 6.07) is 0.176. The van der Waals surface area contributed by atoms with Crippen molar-refractivity contribution in [3.63, 3.8) is 0 Å². The minimum Gasteiger partial charge on any atom is -0.368 e. The van der Waals surface area contributed by atoms with Gasteiger partial charge in [-0.2, -0.15) is 0 Å². The fourth-order valence-electron chi connectivity index (χ4n) is 2.76. The van der Waals surface area contributed by atoms with Gasteiger partial charge in [-0.1, -0.05) is 0 Å². The molecule has 2 heterocycles. The van der Waals surface area contributed by atoms with Crippen LogP contribution in [0.5, 0.6) is 0 Å². The van der Waals surface area contributed by atoms with Crippen LogP contribution in [0.3, 0.4) is 0 Å². The zero-order valence-electron chi connectivity index (χ0n) is 12.2. The van der Waals surface area contributed by atoms with Gasteiger partial charge in [0.1, 0.15) is 6.61 Å². The second kappa shape index (κ2) is 7.59. The van der Waals surface area contributed by atoms with E-state index in [1.807, 2.05) is 4.90 Å². The molecule has 0 bridgehead atoms. The van der Waals surface area contributed by atoms with Crippen LogP contribution in [0.1, 0.15) is 32.6 Å². The molecule has 2 amide bonds. The van der Waals surface area contributed by atoms with Crippen molar-refractivity contribution < 1.29 is 14.3 Å². The van der Waals surface area contributed by atoms with Crippen LogP contribution in [0.15, 0.2) is 0 Å². The molecule has 0 spiro atoms. The Morgan fingerprint density at radius 1 is 1.20 bits per heavy atom. The van der Waals surface area contributed by atoms with Crippen LogP contribution < -0.4 is 10.6 Å². The van der Waals surface area contributed by atoms with Gasteiger partial charge in [0.2, 0.25) is 11.8 Å². The molecule has 0 aliphatic carbocycles. The first-order valence-electron chi connectivity index (χ1n) is 7.52. The molecule has 0 saturated carbocycles. The topological polar surface area (TPSA) is 70.7 Å². The molecular formula is C14H25N3O3. The fourth-order valence-corrected chi connectivity index (χ4v) is 2.76. The zero-order chi connectivity index (χ0) is 14.4. The molecule has 2 fully saturated rings. The molecule has 2 aliphatic heterocycles. The van der Waals surface area contributed by atoms with Gasteiger partial charge >= 0.3 is 0 Å². The Kier molecular flexibility index (Phi) is 5.79. The Morgan fingerprint density at radius 3 is 2.45 bits per heavy atom. The molecule has 0 aromatic rings. The molecule has 0 aromatic carbocycles. The summed E-state index contributed by atoms with van der Waals surface area (Å²) in [7, 11) is 0. The smallest absolute Gasteiger partial charge is 0.246 e. The SMILES string of the molecule is CC(=O)N1CCC(NC(=O)COC2CCNCC2)CC1. The maximum absolute atomic E-state index is 11.8. The van der Waals surface area contributed by atoms with Gasteiger partial charge in [-0.15, -0.1) is 0 Å². The number of rotatable bonds is 4. The van der Waals surface area contributed by atoms with Gasteiger partial charge < -0.3 is 20.3 Å². The molecule has 0 radical (unpaired) electrons. The number of nitrogens with zero attached hydrogens (tertiary/aromatic N) is 1. The second-order valence-electron chi connectivity index (χ2n) is 5.61. The lowest BCUT2D eigenvalue weighted by Crippen LogP contribution is -2.47. The molecule has 2 aliphatic rings. The van der Waals surface area contributed by atoms with Crippen molar-refractivity contribution in [2.24, 2.45) is 0 Å². The average Bonchev–Trinajstić information content (AvgIpc) is 2.47. The molecule has 2 rings (SSSR count). The first kappa shape index (κ1) is 15.3. The molecule has 114 valence electrons. The summed E-state index contributed by atoms with van der Waals surface area (Å²) in [6.45, 7) is 5.14. The summed E-state index contributed by atoms with van der Waals surface area (Å²) in [6.07, 6.45) is 3.83. The van der Waals surface area contributed by atoms with E-state index >= 15 is 0 Å². The van der Waals surface area contributed by atoms with Gasteiger partial charge in [-0.25, -0.2) is 0 Å². The molecule has 20 heavy (non-hydrogen) atoms. The number of hydrogen-bond donors (Lipinski definition) is 2. The minimum atomic E-state index is -0.0372. The normalized spacial score (nSPS) is 21.8. The van der Waals surface area contributed by atoms with Crippen LogP contribution in [-0.2, 0) is 14.3 Å². The Bertz CT molecular complexity index is 335. The number of amides is 2. The van der Waals surface area contributed by atoms with E-state index in [9.17, 15) is 9.59 Å². The van der Waals surface area contributed by atoms with E-state index in [-0.39, 0.29) is 30.6 Å². The van der Waals surface area contributed by atoms with Gasteiger partial charge in [0.05, 0.1) is 6.10 Å². The standard InChI is InChI=1S/C14H25N3O3/c1-11(18)17-8-4-12(5-9-17)16-14(19)10-20-13-2-6-15-7-3-13/h12-13,15H,2-10H2,1H3,(H,16,19). The highest BCUT2D eigenvalue weighted by Gasteiger charge is 2.22. The van der Waals surface area contributed by atoms with Gasteiger partial charge in [0, 0.05) is 26.1 Å². The van der Waals surface area contributed by atoms with Crippen molar-refractivity contribution in [1.29, 1.82) is 0 Å². The van der Waals surface area contributed by atoms with E-state index in [1.165, 1.54) is 0 Å². The predicted octanol–water partition coefficient (Wildman–Crippen LogP) is -0.118. The Labute approximate surface area is 120 Å². The predicted molar refractivity (Wildman–Crippen MR) is 75.3 cm³/mol. The van der Waals surface area contributed by atoms with Crippen LogP contribution in [0, 0.1) is 0 Å². The second-order valence-corrected chi connectivity index (χ2v) is 5.61. The molecule has 2 saturated heterocycles. The van der Waals surface area contributed by atoms with Gasteiger partial charge in [-0.3, -0.25) is 9.59 Å². The molecule has 0 atom stereocenters. The lowest BCUT2D eigenvalue weighted by atomic mass is 10.1. The number of carbonyl (C=O) groups is 2. The number of carbonyl (C=O) groups excluding carboxylic acids is 2. The largest absolute Gasteiger partial charge is 0.368 e. The van der Waals surface area contributed by atoms with Crippen LogP contribution in [-0.4, -0.2) is 61.6 Å². The Morgan fingerprint density at radius 2 is 1.85 bits per heavy atom. The third-order valence-corrected chi connectivity index (χ3v) is 4.04. The summed E-state index contributed by atoms with van der Waals surface area (Å²) in [5.41, 5.74) is 0. The third kappa shape index (κ3) is 4.76. The number of hydrogen-bond acceptors (Lipinski definition) is 4. The van der Waals surface area contributed by atoms with Crippen molar-refractivity contribution in [2.75, 3.05) is 32.8 Å². The number of piperidine rings is 2. The molecule has 0 unspecified atom stereocenters. The van der Waals surface area contributed by atoms with Crippen molar-refractivity contribution in [3.8, 4) is 0 Å². The van der Waals surface area contributed by atoms with Crippen LogP contribution in [0.25, 0.3) is 0 Å². The molecule has 2 N–H and O–H groups in total. The highest BCUT2D eigenvalue weighted by molar-refractivity contribution is 5.77. The highest BCUT2D eigenvalue weighted by Crippen LogP contribution is 2.11. The lowest BCUT2D eigenvalue weighted by Gasteiger charge is -2.31. The highest BCUT2D eigenvalue weighted by atomic mass is 16.5. The van der Waals surface area contributed by atoms with E-state index in [0.29, 0.717) is 0 Å². The first-order valence-corrected chi connectivity index (χ1v) is 7.52. The Balaban J connectivity index is 1.61. The monoisotopic (exact) mass is 283 g/mol. The van der Waals surface area contributed by atoms with Crippen LogP contribution in [0.2, 0.25) is 0 Å². The average molecular weight is 283 g/mol. The summed E-state index contributed by atoms with van der Waals surface area (Å²) < 4.78 is 5.63. The fraction of sp³-hybridized carbons (Fsp3) is 0.857. The molecule has 6 nitrogen and oxygen atoms in total. The number of ether oxygens (including phenoxy) is 1. The van der Waals surface area contributed by atoms with E-state index < -0.39 is 0 Å². The van der Waals surface area contributed by atoms with E-state index in [2.05, 4.69) is 10.6 Å². The maximum Gasteiger partial charge on any atom is 0.246 e. The van der Waals surface area contributed by atoms with Crippen molar-refractivity contribution in [3.05, 3.63) is 0 Å². The quantitative estimate of drug-likeness (QED) is 0.755. The minimum absolute atomic E-state index is 0.0372. The van der Waals surface area contributed by atoms with Crippen LogP contribution in [0.4, 0.5) is 0 Å². The first-order chi connectivity index (χ1) is 9.65. The van der Waals surface area contributed by atoms with Crippen molar-refractivity contribution >= 4 is 11.8 Å². The van der Waals surface area contributed by atoms with E-state index in [0.717, 1.165) is 51.9 Å². The van der Waals surface area contributed by atoms with Gasteiger partial charge in [0.15, 0.2) is 0 Å². The lowest BCUT2D eigenvalue weighted by molar-refractivity contribution is -0.131. The molecule has 0 aromatic heterocycles. The van der Waals surface area contributed by atoms with Crippen molar-refractivity contribution in [1.82, 2.24) is 15.5 Å². The number of likely N-dealkylation sites (tertiary alicyclic amines) is 1. The van der Waals surface area contributed by atoms with E-state index in [1.54, 1.807) is 6.92 Å². The summed E-state index contributed by atoms with van der Waals surface area (Å²) in [5, 5.41) is 6.27. The summed E-state index contributed by atoms with van der Waals surface area (Å²) in [4.78, 5) is 24.9. The molecule has 6 heteroatoms. The maximum atomic E-state index is 11.8. The summed E-state index contributed by atoms with van der Waals surface area (Å²) >= 11 is 0. The third-order valence-electron chi connectivity index (χ3n) is 4.04. The number of nitrogens with one attached hydrogen (secondary N) is 2. The molecular weight excluding hydrogens is 258 g/mol. The summed E-state index contributed by atoms with van der Waals surface area (Å²) in [5.74, 6) is 0.0776. The zero-order valence-corrected chi connectivity index (χ0v) is 12.2. The van der Waals surface area contributed by atoms with Crippen LogP contribution >= 0.6 is 0 Å². The van der Waals surface area contributed by atoms with Gasteiger partial charge in [0.25, 0.3) is 0 Å². The van der Waals surface area contributed by atoms with Crippen molar-refractivity contribution in [2.45, 2.75) is 44.8 Å².